The molecule has 1 rings (SSSR count). The molecular formula is C13H20N2O4. The van der Waals surface area contributed by atoms with E-state index in [1.54, 1.807) is 6.92 Å². The van der Waals surface area contributed by atoms with Crippen LogP contribution in [0.5, 0.6) is 0 Å². The number of aromatic nitrogens is 2. The highest BCUT2D eigenvalue weighted by molar-refractivity contribution is 5.74. The number of carbonyl (C=O) groups is 1. The largest absolute Gasteiger partial charge is 0.464 e. The second-order valence-electron chi connectivity index (χ2n) is 4.23. The Bertz CT molecular complexity index is 544. The Labute approximate surface area is 111 Å². The van der Waals surface area contributed by atoms with Crippen molar-refractivity contribution in [3.63, 3.8) is 0 Å². The van der Waals surface area contributed by atoms with Gasteiger partial charge < -0.3 is 4.74 Å². The number of H-pyrrole nitrogens is 1. The highest BCUT2D eigenvalue weighted by Gasteiger charge is 2.22. The third kappa shape index (κ3) is 3.56. The molecule has 106 valence electrons. The fourth-order valence-electron chi connectivity index (χ4n) is 1.89. The molecule has 0 aliphatic rings. The van der Waals surface area contributed by atoms with Gasteiger partial charge in [-0.15, -0.1) is 0 Å². The second-order valence-corrected chi connectivity index (χ2v) is 4.23. The molecule has 1 atom stereocenters. The molecule has 0 aliphatic heterocycles. The van der Waals surface area contributed by atoms with Gasteiger partial charge in [0.1, 0.15) is 6.04 Å². The maximum Gasteiger partial charge on any atom is 0.329 e. The summed E-state index contributed by atoms with van der Waals surface area (Å²) in [7, 11) is 0. The van der Waals surface area contributed by atoms with Crippen LogP contribution in [0.15, 0.2) is 15.8 Å². The summed E-state index contributed by atoms with van der Waals surface area (Å²) < 4.78 is 6.24. The Morgan fingerprint density at radius 2 is 2.05 bits per heavy atom. The fourth-order valence-corrected chi connectivity index (χ4v) is 1.89. The molecule has 0 aromatic carbocycles. The predicted molar refractivity (Wildman–Crippen MR) is 71.3 cm³/mol. The summed E-state index contributed by atoms with van der Waals surface area (Å²) in [6, 6.07) is -0.681. The van der Waals surface area contributed by atoms with Crippen LogP contribution < -0.4 is 11.2 Å². The van der Waals surface area contributed by atoms with Gasteiger partial charge in [-0.05, 0) is 19.8 Å². The van der Waals surface area contributed by atoms with Crippen LogP contribution >= 0.6 is 0 Å². The lowest BCUT2D eigenvalue weighted by Gasteiger charge is -2.17. The van der Waals surface area contributed by atoms with E-state index in [-0.39, 0.29) is 6.61 Å². The van der Waals surface area contributed by atoms with E-state index >= 15 is 0 Å². The number of rotatable bonds is 6. The minimum Gasteiger partial charge on any atom is -0.464 e. The Kier molecular flexibility index (Phi) is 5.54. The number of ether oxygens (including phenoxy) is 1. The van der Waals surface area contributed by atoms with Crippen LogP contribution in [0.1, 0.15) is 45.2 Å². The van der Waals surface area contributed by atoms with Crippen molar-refractivity contribution in [2.24, 2.45) is 0 Å². The Hall–Kier alpha value is -1.85. The SMILES string of the molecule is CCCC(C(=O)OCC)n1cc(CC)c(=O)[nH]c1=O. The minimum absolute atomic E-state index is 0.262. The molecule has 1 N–H and O–H groups in total. The number of aromatic amines is 1. The Morgan fingerprint density at radius 1 is 1.37 bits per heavy atom. The van der Waals surface area contributed by atoms with Gasteiger partial charge in [-0.25, -0.2) is 9.59 Å². The van der Waals surface area contributed by atoms with E-state index in [1.165, 1.54) is 10.8 Å². The first-order valence-electron chi connectivity index (χ1n) is 6.56. The lowest BCUT2D eigenvalue weighted by atomic mass is 10.1. The van der Waals surface area contributed by atoms with Crippen LogP contribution in [0.4, 0.5) is 0 Å². The molecule has 6 heteroatoms. The molecule has 0 fully saturated rings. The van der Waals surface area contributed by atoms with Crippen molar-refractivity contribution >= 4 is 5.97 Å². The summed E-state index contributed by atoms with van der Waals surface area (Å²) in [6.45, 7) is 5.72. The Morgan fingerprint density at radius 3 is 2.58 bits per heavy atom. The van der Waals surface area contributed by atoms with E-state index in [4.69, 9.17) is 4.74 Å². The van der Waals surface area contributed by atoms with E-state index in [0.717, 1.165) is 6.42 Å². The van der Waals surface area contributed by atoms with Crippen LogP contribution in [-0.4, -0.2) is 22.1 Å². The fraction of sp³-hybridized carbons (Fsp3) is 0.615. The summed E-state index contributed by atoms with van der Waals surface area (Å²) in [5, 5.41) is 0. The standard InChI is InChI=1S/C13H20N2O4/c1-4-7-10(12(17)19-6-3)15-8-9(5-2)11(16)14-13(15)18/h8,10H,4-7H2,1-3H3,(H,14,16,18). The first-order chi connectivity index (χ1) is 9.04. The molecule has 0 aliphatic carbocycles. The predicted octanol–water partition coefficient (Wildman–Crippen LogP) is 1.00. The quantitative estimate of drug-likeness (QED) is 0.780. The zero-order valence-electron chi connectivity index (χ0n) is 11.6. The van der Waals surface area contributed by atoms with Crippen LogP contribution in [0, 0.1) is 0 Å². The van der Waals surface area contributed by atoms with Crippen LogP contribution in [0.3, 0.4) is 0 Å². The number of nitrogens with zero attached hydrogens (tertiary/aromatic N) is 1. The van der Waals surface area contributed by atoms with Gasteiger partial charge in [-0.3, -0.25) is 14.3 Å². The number of hydrogen-bond donors (Lipinski definition) is 1. The number of aryl methyl sites for hydroxylation is 1. The summed E-state index contributed by atoms with van der Waals surface area (Å²) in [6.07, 6.45) is 3.18. The molecule has 0 bridgehead atoms. The molecular weight excluding hydrogens is 248 g/mol. The average molecular weight is 268 g/mol. The second kappa shape index (κ2) is 6.92. The normalized spacial score (nSPS) is 12.2. The molecule has 19 heavy (non-hydrogen) atoms. The maximum absolute atomic E-state index is 11.9. The summed E-state index contributed by atoms with van der Waals surface area (Å²) in [4.78, 5) is 37.5. The molecule has 1 unspecified atom stereocenters. The van der Waals surface area contributed by atoms with Crippen molar-refractivity contribution in [1.82, 2.24) is 9.55 Å². The van der Waals surface area contributed by atoms with Crippen LogP contribution in [-0.2, 0) is 16.0 Å². The van der Waals surface area contributed by atoms with Crippen LogP contribution in [0.25, 0.3) is 0 Å². The molecule has 0 amide bonds. The monoisotopic (exact) mass is 268 g/mol. The lowest BCUT2D eigenvalue weighted by molar-refractivity contribution is -0.147. The third-order valence-corrected chi connectivity index (χ3v) is 2.88. The van der Waals surface area contributed by atoms with Gasteiger partial charge in [0.25, 0.3) is 5.56 Å². The molecule has 0 saturated carbocycles. The van der Waals surface area contributed by atoms with Gasteiger partial charge in [0.15, 0.2) is 0 Å². The van der Waals surface area contributed by atoms with Gasteiger partial charge in [0.2, 0.25) is 0 Å². The van der Waals surface area contributed by atoms with Crippen molar-refractivity contribution in [3.8, 4) is 0 Å². The topological polar surface area (TPSA) is 81.2 Å². The molecule has 0 spiro atoms. The lowest BCUT2D eigenvalue weighted by Crippen LogP contribution is -2.37. The highest BCUT2D eigenvalue weighted by Crippen LogP contribution is 2.13. The third-order valence-electron chi connectivity index (χ3n) is 2.88. The minimum atomic E-state index is -0.681. The van der Waals surface area contributed by atoms with Crippen LogP contribution in [0.2, 0.25) is 0 Å². The molecule has 1 heterocycles. The van der Waals surface area contributed by atoms with Gasteiger partial charge in [0, 0.05) is 11.8 Å². The number of hydrogen-bond acceptors (Lipinski definition) is 4. The van der Waals surface area contributed by atoms with E-state index in [9.17, 15) is 14.4 Å². The molecule has 0 radical (unpaired) electrons. The smallest absolute Gasteiger partial charge is 0.329 e. The van der Waals surface area contributed by atoms with Crippen molar-refractivity contribution in [1.29, 1.82) is 0 Å². The number of carbonyl (C=O) groups excluding carboxylic acids is 1. The van der Waals surface area contributed by atoms with Gasteiger partial charge in [-0.1, -0.05) is 20.3 Å². The number of nitrogens with one attached hydrogen (secondary N) is 1. The van der Waals surface area contributed by atoms with E-state index in [0.29, 0.717) is 18.4 Å². The van der Waals surface area contributed by atoms with E-state index in [1.807, 2.05) is 13.8 Å². The average Bonchev–Trinajstić information content (AvgIpc) is 2.37. The van der Waals surface area contributed by atoms with Crippen molar-refractivity contribution in [3.05, 3.63) is 32.6 Å². The van der Waals surface area contributed by atoms with E-state index < -0.39 is 23.3 Å². The summed E-state index contributed by atoms with van der Waals surface area (Å²) >= 11 is 0. The molecule has 6 nitrogen and oxygen atoms in total. The van der Waals surface area contributed by atoms with Crippen molar-refractivity contribution < 1.29 is 9.53 Å². The number of esters is 1. The summed E-state index contributed by atoms with van der Waals surface area (Å²) in [5.41, 5.74) is -0.499. The molecule has 1 aromatic rings. The van der Waals surface area contributed by atoms with Gasteiger partial charge in [-0.2, -0.15) is 0 Å². The Balaban J connectivity index is 3.26. The molecule has 0 saturated heterocycles. The van der Waals surface area contributed by atoms with Gasteiger partial charge in [0.05, 0.1) is 6.61 Å². The van der Waals surface area contributed by atoms with Crippen molar-refractivity contribution in [2.45, 2.75) is 46.1 Å². The first kappa shape index (κ1) is 15.2. The summed E-state index contributed by atoms with van der Waals surface area (Å²) in [5.74, 6) is -0.444. The zero-order valence-corrected chi connectivity index (χ0v) is 11.6. The van der Waals surface area contributed by atoms with Gasteiger partial charge >= 0.3 is 11.7 Å². The molecule has 1 aromatic heterocycles. The van der Waals surface area contributed by atoms with Crippen molar-refractivity contribution in [2.75, 3.05) is 6.61 Å². The van der Waals surface area contributed by atoms with E-state index in [2.05, 4.69) is 4.98 Å². The maximum atomic E-state index is 11.9. The highest BCUT2D eigenvalue weighted by atomic mass is 16.5. The zero-order chi connectivity index (χ0) is 14.4. The first-order valence-corrected chi connectivity index (χ1v) is 6.56.